The molecule has 2 N–H and O–H groups in total. The van der Waals surface area contributed by atoms with E-state index in [4.69, 9.17) is 14.3 Å². The van der Waals surface area contributed by atoms with Crippen molar-refractivity contribution < 1.29 is 19.1 Å². The molecule has 2 aromatic rings. The number of oxazole rings is 1. The van der Waals surface area contributed by atoms with Crippen LogP contribution in [0.5, 0.6) is 5.75 Å². The van der Waals surface area contributed by atoms with Crippen molar-refractivity contribution >= 4 is 5.97 Å². The van der Waals surface area contributed by atoms with Crippen molar-refractivity contribution in [2.24, 2.45) is 0 Å². The smallest absolute Gasteiger partial charge is 0.321 e. The minimum Gasteiger partial charge on any atom is -0.484 e. The van der Waals surface area contributed by atoms with Crippen LogP contribution in [-0.2, 0) is 24.4 Å². The van der Waals surface area contributed by atoms with Crippen LogP contribution >= 0.6 is 0 Å². The average Bonchev–Trinajstić information content (AvgIpc) is 2.97. The SMILES string of the molecule is O=C(O)[C@@H]1Cc2ccc(OCc3ncco3)cc2CN1. The van der Waals surface area contributed by atoms with Crippen molar-refractivity contribution in [3.8, 4) is 5.75 Å². The molecule has 6 heteroatoms. The van der Waals surface area contributed by atoms with Gasteiger partial charge in [-0.3, -0.25) is 4.79 Å². The van der Waals surface area contributed by atoms with Crippen molar-refractivity contribution in [1.82, 2.24) is 10.3 Å². The van der Waals surface area contributed by atoms with Gasteiger partial charge >= 0.3 is 5.97 Å². The summed E-state index contributed by atoms with van der Waals surface area (Å²) in [5.41, 5.74) is 2.10. The third-order valence-corrected chi connectivity index (χ3v) is 3.28. The Bertz CT molecular complexity index is 610. The Labute approximate surface area is 115 Å². The van der Waals surface area contributed by atoms with Gasteiger partial charge in [0.1, 0.15) is 18.1 Å². The van der Waals surface area contributed by atoms with Gasteiger partial charge in [-0.15, -0.1) is 0 Å². The van der Waals surface area contributed by atoms with E-state index < -0.39 is 12.0 Å². The van der Waals surface area contributed by atoms with Gasteiger partial charge in [-0.05, 0) is 29.7 Å². The number of carboxylic acids is 1. The van der Waals surface area contributed by atoms with Crippen LogP contribution in [0, 0.1) is 0 Å². The number of rotatable bonds is 4. The molecule has 0 aliphatic carbocycles. The van der Waals surface area contributed by atoms with E-state index in [1.807, 2.05) is 18.2 Å². The van der Waals surface area contributed by atoms with Gasteiger partial charge in [0.2, 0.25) is 5.89 Å². The van der Waals surface area contributed by atoms with E-state index in [1.165, 1.54) is 6.26 Å². The van der Waals surface area contributed by atoms with E-state index in [0.717, 1.165) is 16.9 Å². The Balaban J connectivity index is 1.69. The van der Waals surface area contributed by atoms with Crippen molar-refractivity contribution in [1.29, 1.82) is 0 Å². The molecule has 0 saturated carbocycles. The molecule has 1 aliphatic heterocycles. The van der Waals surface area contributed by atoms with Crippen LogP contribution in [0.2, 0.25) is 0 Å². The largest absolute Gasteiger partial charge is 0.484 e. The topological polar surface area (TPSA) is 84.6 Å². The number of carboxylic acid groups (broad SMARTS) is 1. The Morgan fingerprint density at radius 2 is 2.40 bits per heavy atom. The molecule has 1 aromatic carbocycles. The summed E-state index contributed by atoms with van der Waals surface area (Å²) in [6, 6.07) is 5.16. The number of fused-ring (bicyclic) bond motifs is 1. The molecule has 0 saturated heterocycles. The first-order valence-electron chi connectivity index (χ1n) is 6.31. The third-order valence-electron chi connectivity index (χ3n) is 3.28. The predicted octanol–water partition coefficient (Wildman–Crippen LogP) is 1.35. The van der Waals surface area contributed by atoms with Crippen molar-refractivity contribution in [2.75, 3.05) is 0 Å². The number of aliphatic carboxylic acids is 1. The number of nitrogens with one attached hydrogen (secondary N) is 1. The van der Waals surface area contributed by atoms with Gasteiger partial charge in [0.05, 0.1) is 6.20 Å². The lowest BCUT2D eigenvalue weighted by atomic mass is 9.96. The maximum absolute atomic E-state index is 11.0. The molecule has 0 amide bonds. The van der Waals surface area contributed by atoms with Crippen LogP contribution in [0.25, 0.3) is 0 Å². The zero-order valence-corrected chi connectivity index (χ0v) is 10.7. The van der Waals surface area contributed by atoms with Crippen LogP contribution < -0.4 is 10.1 Å². The van der Waals surface area contributed by atoms with Crippen molar-refractivity contribution in [2.45, 2.75) is 25.6 Å². The summed E-state index contributed by atoms with van der Waals surface area (Å²) >= 11 is 0. The quantitative estimate of drug-likeness (QED) is 0.875. The zero-order valence-electron chi connectivity index (χ0n) is 10.7. The Hall–Kier alpha value is -2.34. The lowest BCUT2D eigenvalue weighted by molar-refractivity contribution is -0.139. The molecule has 1 aromatic heterocycles. The summed E-state index contributed by atoms with van der Waals surface area (Å²) in [5, 5.41) is 12.0. The fourth-order valence-corrected chi connectivity index (χ4v) is 2.22. The van der Waals surface area contributed by atoms with Gasteiger partial charge in [-0.2, -0.15) is 0 Å². The second-order valence-electron chi connectivity index (χ2n) is 4.62. The molecule has 3 rings (SSSR count). The molecule has 1 aliphatic rings. The van der Waals surface area contributed by atoms with E-state index in [-0.39, 0.29) is 6.61 Å². The molecule has 6 nitrogen and oxygen atoms in total. The van der Waals surface area contributed by atoms with Gasteiger partial charge in [0.15, 0.2) is 6.61 Å². The Morgan fingerprint density at radius 1 is 1.50 bits per heavy atom. The minimum atomic E-state index is -0.820. The Kier molecular flexibility index (Phi) is 3.39. The second kappa shape index (κ2) is 5.34. The van der Waals surface area contributed by atoms with Gasteiger partial charge < -0.3 is 19.6 Å². The number of aromatic nitrogens is 1. The summed E-state index contributed by atoms with van der Waals surface area (Å²) in [5.74, 6) is 0.421. The molecule has 2 heterocycles. The molecule has 0 bridgehead atoms. The molecular formula is C14H14N2O4. The first kappa shape index (κ1) is 12.7. The van der Waals surface area contributed by atoms with Crippen LogP contribution in [-0.4, -0.2) is 22.1 Å². The highest BCUT2D eigenvalue weighted by Gasteiger charge is 2.23. The van der Waals surface area contributed by atoms with Gasteiger partial charge in [-0.1, -0.05) is 6.07 Å². The first-order valence-corrected chi connectivity index (χ1v) is 6.31. The van der Waals surface area contributed by atoms with Crippen LogP contribution in [0.15, 0.2) is 35.1 Å². The lowest BCUT2D eigenvalue weighted by Gasteiger charge is -2.23. The molecule has 104 valence electrons. The predicted molar refractivity (Wildman–Crippen MR) is 69.2 cm³/mol. The summed E-state index contributed by atoms with van der Waals surface area (Å²) in [6.07, 6.45) is 3.56. The summed E-state index contributed by atoms with van der Waals surface area (Å²) in [4.78, 5) is 14.9. The molecule has 1 atom stereocenters. The fraction of sp³-hybridized carbons (Fsp3) is 0.286. The van der Waals surface area contributed by atoms with E-state index >= 15 is 0 Å². The summed E-state index contributed by atoms with van der Waals surface area (Å²) in [7, 11) is 0. The normalized spacial score (nSPS) is 17.5. The summed E-state index contributed by atoms with van der Waals surface area (Å²) < 4.78 is 10.7. The van der Waals surface area contributed by atoms with Gasteiger partial charge in [0, 0.05) is 6.54 Å². The number of hydrogen-bond acceptors (Lipinski definition) is 5. The van der Waals surface area contributed by atoms with Crippen LogP contribution in [0.4, 0.5) is 0 Å². The summed E-state index contributed by atoms with van der Waals surface area (Å²) in [6.45, 7) is 0.805. The number of ether oxygens (including phenoxy) is 1. The first-order chi connectivity index (χ1) is 9.72. The second-order valence-corrected chi connectivity index (χ2v) is 4.62. The highest BCUT2D eigenvalue weighted by atomic mass is 16.5. The van der Waals surface area contributed by atoms with E-state index in [0.29, 0.717) is 18.9 Å². The number of carbonyl (C=O) groups is 1. The average molecular weight is 274 g/mol. The van der Waals surface area contributed by atoms with Gasteiger partial charge in [0.25, 0.3) is 0 Å². The molecule has 0 spiro atoms. The standard InChI is InChI=1S/C14H14N2O4/c17-14(18)12-6-9-1-2-11(5-10(9)7-16-12)20-8-13-15-3-4-19-13/h1-5,12,16H,6-8H2,(H,17,18)/t12-/m0/s1. The highest BCUT2D eigenvalue weighted by molar-refractivity contribution is 5.74. The van der Waals surface area contributed by atoms with Crippen LogP contribution in [0.1, 0.15) is 17.0 Å². The van der Waals surface area contributed by atoms with Gasteiger partial charge in [-0.25, -0.2) is 4.98 Å². The minimum absolute atomic E-state index is 0.275. The third kappa shape index (κ3) is 2.65. The lowest BCUT2D eigenvalue weighted by Crippen LogP contribution is -2.41. The number of hydrogen-bond donors (Lipinski definition) is 2. The molecule has 0 unspecified atom stereocenters. The highest BCUT2D eigenvalue weighted by Crippen LogP contribution is 2.23. The van der Waals surface area contributed by atoms with E-state index in [1.54, 1.807) is 6.20 Å². The van der Waals surface area contributed by atoms with Crippen LogP contribution in [0.3, 0.4) is 0 Å². The Morgan fingerprint density at radius 3 is 3.15 bits per heavy atom. The molecule has 0 radical (unpaired) electrons. The van der Waals surface area contributed by atoms with Crippen molar-refractivity contribution in [3.63, 3.8) is 0 Å². The fourth-order valence-electron chi connectivity index (χ4n) is 2.22. The van der Waals surface area contributed by atoms with E-state index in [9.17, 15) is 4.79 Å². The molecular weight excluding hydrogens is 260 g/mol. The maximum Gasteiger partial charge on any atom is 0.321 e. The maximum atomic E-state index is 11.0. The number of benzene rings is 1. The van der Waals surface area contributed by atoms with Crippen molar-refractivity contribution in [3.05, 3.63) is 47.7 Å². The van der Waals surface area contributed by atoms with E-state index in [2.05, 4.69) is 10.3 Å². The zero-order chi connectivity index (χ0) is 13.9. The molecule has 20 heavy (non-hydrogen) atoms. The number of nitrogens with zero attached hydrogens (tertiary/aromatic N) is 1. The molecule has 0 fully saturated rings. The monoisotopic (exact) mass is 274 g/mol.